The quantitative estimate of drug-likeness (QED) is 0.158. The Morgan fingerprint density at radius 3 is 1.89 bits per heavy atom. The SMILES string of the molecule is Cc1cc2c3c(c1)N(c1ccc4oc5ccccc5c4c1)c1cc4c(cc1B3n1c3ccc(C(C)(C)C)cc3c3cc(C(C)(C)C)cc-2c31)oc1ccccc14. The van der Waals surface area contributed by atoms with E-state index in [1.165, 1.54) is 71.9 Å². The first-order valence-corrected chi connectivity index (χ1v) is 19.9. The van der Waals surface area contributed by atoms with Crippen molar-refractivity contribution in [1.82, 2.24) is 4.48 Å². The van der Waals surface area contributed by atoms with Crippen molar-refractivity contribution in [1.29, 1.82) is 0 Å². The van der Waals surface area contributed by atoms with Crippen LogP contribution in [0.5, 0.6) is 0 Å². The first kappa shape index (κ1) is 32.1. The smallest absolute Gasteiger partial charge is 0.333 e. The number of hydrogen-bond donors (Lipinski definition) is 0. The molecular weight excluding hydrogens is 683 g/mol. The van der Waals surface area contributed by atoms with Gasteiger partial charge in [-0.15, -0.1) is 0 Å². The predicted molar refractivity (Wildman–Crippen MR) is 237 cm³/mol. The number of rotatable bonds is 1. The van der Waals surface area contributed by atoms with Gasteiger partial charge in [0.05, 0.1) is 0 Å². The number of nitrogens with zero attached hydrogens (tertiary/aromatic N) is 2. The Kier molecular flexibility index (Phi) is 6.05. The number of para-hydroxylation sites is 2. The molecule has 12 rings (SSSR count). The number of anilines is 3. The van der Waals surface area contributed by atoms with E-state index in [-0.39, 0.29) is 17.7 Å². The molecule has 0 radical (unpaired) electrons. The lowest BCUT2D eigenvalue weighted by molar-refractivity contribution is 0.590. The van der Waals surface area contributed by atoms with Crippen molar-refractivity contribution in [2.75, 3.05) is 4.90 Å². The normalized spacial score (nSPS) is 13.9. The first-order chi connectivity index (χ1) is 26.9. The summed E-state index contributed by atoms with van der Waals surface area (Å²) in [7, 11) is 0. The number of fused-ring (bicyclic) bond motifs is 13. The zero-order valence-corrected chi connectivity index (χ0v) is 32.8. The molecule has 0 saturated carbocycles. The van der Waals surface area contributed by atoms with Crippen LogP contribution in [-0.4, -0.2) is 11.3 Å². The second-order valence-electron chi connectivity index (χ2n) is 18.3. The topological polar surface area (TPSA) is 34.5 Å². The van der Waals surface area contributed by atoms with E-state index in [1.54, 1.807) is 0 Å². The third-order valence-corrected chi connectivity index (χ3v) is 12.7. The molecule has 0 bridgehead atoms. The predicted octanol–water partition coefficient (Wildman–Crippen LogP) is 12.9. The minimum Gasteiger partial charge on any atom is -0.456 e. The zero-order chi connectivity index (χ0) is 38.0. The van der Waals surface area contributed by atoms with E-state index in [1.807, 2.05) is 6.07 Å². The van der Waals surface area contributed by atoms with Gasteiger partial charge in [0.1, 0.15) is 22.3 Å². The van der Waals surface area contributed by atoms with E-state index in [2.05, 4.69) is 173 Å². The zero-order valence-electron chi connectivity index (χ0n) is 32.8. The molecular formula is C51H41BN2O2. The van der Waals surface area contributed by atoms with Gasteiger partial charge in [-0.1, -0.05) is 90.1 Å². The van der Waals surface area contributed by atoms with Crippen LogP contribution >= 0.6 is 0 Å². The third kappa shape index (κ3) is 4.21. The summed E-state index contributed by atoms with van der Waals surface area (Å²) < 4.78 is 15.7. The molecule has 0 N–H and O–H groups in total. The Labute approximate surface area is 326 Å². The van der Waals surface area contributed by atoms with E-state index in [0.29, 0.717) is 0 Å². The number of aryl methyl sites for hydroxylation is 1. The van der Waals surface area contributed by atoms with Crippen molar-refractivity contribution in [2.45, 2.75) is 59.3 Å². The molecule has 0 unspecified atom stereocenters. The maximum atomic E-state index is 6.68. The molecule has 2 aliphatic heterocycles. The highest BCUT2D eigenvalue weighted by molar-refractivity contribution is 6.90. The Hall–Kier alpha value is -6.20. The van der Waals surface area contributed by atoms with Crippen molar-refractivity contribution >= 4 is 101 Å². The van der Waals surface area contributed by atoms with Crippen LogP contribution in [-0.2, 0) is 10.8 Å². The first-order valence-electron chi connectivity index (χ1n) is 19.9. The summed E-state index contributed by atoms with van der Waals surface area (Å²) in [6, 6.07) is 45.2. The van der Waals surface area contributed by atoms with Gasteiger partial charge in [-0.2, -0.15) is 0 Å². The molecule has 0 amide bonds. The van der Waals surface area contributed by atoms with Gasteiger partial charge < -0.3 is 18.2 Å². The van der Waals surface area contributed by atoms with Crippen molar-refractivity contribution in [3.63, 3.8) is 0 Å². The van der Waals surface area contributed by atoms with Gasteiger partial charge in [0.2, 0.25) is 0 Å². The third-order valence-electron chi connectivity index (χ3n) is 12.7. The van der Waals surface area contributed by atoms with E-state index >= 15 is 0 Å². The minimum atomic E-state index is -0.0728. The Balaban J connectivity index is 1.25. The Morgan fingerprint density at radius 2 is 1.16 bits per heavy atom. The molecule has 2 aliphatic rings. The molecule has 0 spiro atoms. The Morgan fingerprint density at radius 1 is 0.500 bits per heavy atom. The molecule has 56 heavy (non-hydrogen) atoms. The van der Waals surface area contributed by atoms with Gasteiger partial charge in [0.25, 0.3) is 0 Å². The monoisotopic (exact) mass is 724 g/mol. The molecule has 0 saturated heterocycles. The maximum Gasteiger partial charge on any atom is 0.333 e. The summed E-state index contributed by atoms with van der Waals surface area (Å²) in [5, 5.41) is 7.14. The summed E-state index contributed by atoms with van der Waals surface area (Å²) in [5.74, 6) is 0. The summed E-state index contributed by atoms with van der Waals surface area (Å²) in [4.78, 5) is 2.51. The lowest BCUT2D eigenvalue weighted by atomic mass is 9.45. The van der Waals surface area contributed by atoms with Gasteiger partial charge in [-0.25, -0.2) is 0 Å². The van der Waals surface area contributed by atoms with Crippen LogP contribution in [0.25, 0.3) is 76.8 Å². The molecule has 0 fully saturated rings. The number of furan rings is 2. The van der Waals surface area contributed by atoms with E-state index in [4.69, 9.17) is 8.83 Å². The molecule has 270 valence electrons. The van der Waals surface area contributed by atoms with Crippen LogP contribution in [0, 0.1) is 6.92 Å². The molecule has 5 heterocycles. The van der Waals surface area contributed by atoms with Crippen LogP contribution in [0.1, 0.15) is 58.2 Å². The molecule has 0 aliphatic carbocycles. The fourth-order valence-electron chi connectivity index (χ4n) is 9.90. The number of aromatic nitrogens is 1. The number of hydrogen-bond acceptors (Lipinski definition) is 3. The van der Waals surface area contributed by atoms with Gasteiger partial charge in [-0.3, -0.25) is 0 Å². The molecule has 4 nitrogen and oxygen atoms in total. The van der Waals surface area contributed by atoms with Crippen LogP contribution in [0.15, 0.2) is 130 Å². The lowest BCUT2D eigenvalue weighted by Gasteiger charge is -2.41. The van der Waals surface area contributed by atoms with Crippen LogP contribution in [0.2, 0.25) is 0 Å². The van der Waals surface area contributed by atoms with Crippen LogP contribution < -0.4 is 15.8 Å². The largest absolute Gasteiger partial charge is 0.456 e. The fraction of sp³-hybridized carbons (Fsp3) is 0.176. The second kappa shape index (κ2) is 10.6. The summed E-state index contributed by atoms with van der Waals surface area (Å²) in [6.07, 6.45) is 0. The van der Waals surface area contributed by atoms with Gasteiger partial charge >= 0.3 is 6.85 Å². The molecule has 5 heteroatoms. The van der Waals surface area contributed by atoms with Crippen LogP contribution in [0.4, 0.5) is 17.1 Å². The minimum absolute atomic E-state index is 0.0206. The standard InChI is InChI=1S/C51H41BN2O2/c1-28-20-37-39-24-30(51(5,6)7)23-38-34-22-29(50(2,3)4)16-18-41(34)54(49(38)39)52-40-27-47-36(33-13-9-11-15-45(33)56-47)26-42(40)53(43(21-28)48(37)52)31-17-19-46-35(25-31)32-12-8-10-14-44(32)55-46/h8-27H,1-7H3. The van der Waals surface area contributed by atoms with Gasteiger partial charge in [-0.05, 0) is 124 Å². The molecule has 10 aromatic rings. The summed E-state index contributed by atoms with van der Waals surface area (Å²) >= 11 is 0. The summed E-state index contributed by atoms with van der Waals surface area (Å²) in [6.45, 7) is 16.1. The lowest BCUT2D eigenvalue weighted by Crippen LogP contribution is -2.56. The Bertz CT molecular complexity index is 3360. The van der Waals surface area contributed by atoms with Crippen molar-refractivity contribution in [3.8, 4) is 11.1 Å². The van der Waals surface area contributed by atoms with Crippen molar-refractivity contribution in [3.05, 3.63) is 138 Å². The van der Waals surface area contributed by atoms with Crippen LogP contribution in [0.3, 0.4) is 0 Å². The molecule has 3 aromatic heterocycles. The summed E-state index contributed by atoms with van der Waals surface area (Å²) in [5.41, 5.74) is 18.8. The van der Waals surface area contributed by atoms with Gasteiger partial charge in [0.15, 0.2) is 0 Å². The maximum absolute atomic E-state index is 6.68. The van der Waals surface area contributed by atoms with E-state index < -0.39 is 0 Å². The average Bonchev–Trinajstić information content (AvgIpc) is 3.84. The second-order valence-corrected chi connectivity index (χ2v) is 18.3. The fourth-order valence-corrected chi connectivity index (χ4v) is 9.90. The van der Waals surface area contributed by atoms with Gasteiger partial charge in [0, 0.05) is 66.0 Å². The molecule has 7 aromatic carbocycles. The molecule has 0 atom stereocenters. The van der Waals surface area contributed by atoms with E-state index in [0.717, 1.165) is 49.6 Å². The van der Waals surface area contributed by atoms with Crippen molar-refractivity contribution < 1.29 is 8.83 Å². The highest BCUT2D eigenvalue weighted by Gasteiger charge is 2.44. The highest BCUT2D eigenvalue weighted by Crippen LogP contribution is 2.49. The van der Waals surface area contributed by atoms with E-state index in [9.17, 15) is 0 Å². The number of benzene rings is 7. The average molecular weight is 725 g/mol. The van der Waals surface area contributed by atoms with Crippen molar-refractivity contribution in [2.24, 2.45) is 0 Å². The highest BCUT2D eigenvalue weighted by atomic mass is 16.3.